The molecule has 0 spiro atoms. The molecular weight excluding hydrogens is 472 g/mol. The lowest BCUT2D eigenvalue weighted by molar-refractivity contribution is -0.150. The van der Waals surface area contributed by atoms with Crippen LogP contribution in [0.2, 0.25) is 0 Å². The Morgan fingerprint density at radius 1 is 1.24 bits per heavy atom. The first kappa shape index (κ1) is 27.0. The van der Waals surface area contributed by atoms with Gasteiger partial charge in [-0.2, -0.15) is 0 Å². The summed E-state index contributed by atoms with van der Waals surface area (Å²) < 4.78 is 14.8. The summed E-state index contributed by atoms with van der Waals surface area (Å²) in [6, 6.07) is 7.34. The Labute approximate surface area is 217 Å². The molecule has 3 heterocycles. The lowest BCUT2D eigenvalue weighted by atomic mass is 10.1. The highest BCUT2D eigenvalue weighted by atomic mass is 16.5. The summed E-state index contributed by atoms with van der Waals surface area (Å²) in [5.74, 6) is 0.589. The van der Waals surface area contributed by atoms with Crippen molar-refractivity contribution >= 4 is 17.0 Å². The summed E-state index contributed by atoms with van der Waals surface area (Å²) in [6.45, 7) is 9.42. The van der Waals surface area contributed by atoms with Crippen LogP contribution in [0, 0.1) is 12.8 Å². The predicted octanol–water partition coefficient (Wildman–Crippen LogP) is 3.10. The predicted molar refractivity (Wildman–Crippen MR) is 142 cm³/mol. The van der Waals surface area contributed by atoms with E-state index in [0.29, 0.717) is 31.9 Å². The molecule has 1 aliphatic rings. The number of nitrogens with zero attached hydrogens (tertiary/aromatic N) is 3. The monoisotopic (exact) mass is 510 g/mol. The van der Waals surface area contributed by atoms with E-state index in [4.69, 9.17) is 14.5 Å². The fourth-order valence-electron chi connectivity index (χ4n) is 4.78. The van der Waals surface area contributed by atoms with Gasteiger partial charge in [-0.25, -0.2) is 4.98 Å². The van der Waals surface area contributed by atoms with Crippen LogP contribution in [0.15, 0.2) is 35.3 Å². The van der Waals surface area contributed by atoms with Crippen LogP contribution in [0.5, 0.6) is 0 Å². The van der Waals surface area contributed by atoms with Crippen LogP contribution < -0.4 is 10.9 Å². The standard InChI is InChI=1S/C28H38N4O5/c1-17(2)16-37-28(35)25(19(4)33)29-14-20-6-7-23-24(13-20)32(22-8-10-36-11-9-22)26(30-23)21-12-18(3)27(34)31(5)15-21/h6-7,12-13,15,17,19,22,25,29,33H,8-11,14,16H2,1-5H3/t19-,25+/m1/s1. The largest absolute Gasteiger partial charge is 0.464 e. The van der Waals surface area contributed by atoms with E-state index in [-0.39, 0.29) is 17.5 Å². The number of pyridine rings is 1. The molecule has 2 N–H and O–H groups in total. The molecule has 1 saturated heterocycles. The minimum atomic E-state index is -0.893. The first-order chi connectivity index (χ1) is 17.7. The fourth-order valence-corrected chi connectivity index (χ4v) is 4.78. The van der Waals surface area contributed by atoms with E-state index < -0.39 is 18.1 Å². The summed E-state index contributed by atoms with van der Waals surface area (Å²) in [7, 11) is 1.76. The fraction of sp³-hybridized carbons (Fsp3) is 0.536. The smallest absolute Gasteiger partial charge is 0.325 e. The van der Waals surface area contributed by atoms with E-state index in [9.17, 15) is 14.7 Å². The molecule has 1 aliphatic heterocycles. The van der Waals surface area contributed by atoms with Crippen molar-refractivity contribution in [3.63, 3.8) is 0 Å². The lowest BCUT2D eigenvalue weighted by Crippen LogP contribution is -2.45. The topological polar surface area (TPSA) is 108 Å². The molecule has 0 amide bonds. The van der Waals surface area contributed by atoms with Gasteiger partial charge in [0.05, 0.1) is 23.7 Å². The zero-order valence-corrected chi connectivity index (χ0v) is 22.4. The van der Waals surface area contributed by atoms with E-state index >= 15 is 0 Å². The van der Waals surface area contributed by atoms with Gasteiger partial charge in [0.25, 0.3) is 5.56 Å². The maximum atomic E-state index is 12.5. The minimum Gasteiger partial charge on any atom is -0.464 e. The first-order valence-corrected chi connectivity index (χ1v) is 13.0. The molecule has 3 aromatic rings. The molecule has 2 aromatic heterocycles. The average molecular weight is 511 g/mol. The van der Waals surface area contributed by atoms with Gasteiger partial charge in [0, 0.05) is 50.2 Å². The molecule has 37 heavy (non-hydrogen) atoms. The second-order valence-corrected chi connectivity index (χ2v) is 10.4. The number of hydrogen-bond acceptors (Lipinski definition) is 7. The van der Waals surface area contributed by atoms with Crippen molar-refractivity contribution in [2.24, 2.45) is 13.0 Å². The van der Waals surface area contributed by atoms with Gasteiger partial charge in [-0.05, 0) is 56.4 Å². The van der Waals surface area contributed by atoms with Crippen molar-refractivity contribution in [3.05, 3.63) is 51.9 Å². The number of benzene rings is 1. The zero-order valence-electron chi connectivity index (χ0n) is 22.4. The molecule has 1 aromatic carbocycles. The number of hydrogen-bond donors (Lipinski definition) is 2. The molecule has 0 unspecified atom stereocenters. The van der Waals surface area contributed by atoms with Gasteiger partial charge in [0.2, 0.25) is 0 Å². The molecule has 4 rings (SSSR count). The zero-order chi connectivity index (χ0) is 26.7. The van der Waals surface area contributed by atoms with E-state index in [2.05, 4.69) is 16.0 Å². The number of imidazole rings is 1. The number of aryl methyl sites for hydroxylation is 2. The third-order valence-electron chi connectivity index (χ3n) is 6.75. The molecule has 9 heteroatoms. The van der Waals surface area contributed by atoms with E-state index in [1.807, 2.05) is 45.2 Å². The van der Waals surface area contributed by atoms with Crippen molar-refractivity contribution in [1.29, 1.82) is 0 Å². The third kappa shape index (κ3) is 6.11. The number of nitrogens with one attached hydrogen (secondary N) is 1. The van der Waals surface area contributed by atoms with E-state index in [0.717, 1.165) is 40.8 Å². The minimum absolute atomic E-state index is 0.0228. The molecule has 200 valence electrons. The van der Waals surface area contributed by atoms with Gasteiger partial charge in [0.1, 0.15) is 11.9 Å². The molecule has 0 saturated carbocycles. The van der Waals surface area contributed by atoms with Crippen molar-refractivity contribution < 1.29 is 19.4 Å². The Morgan fingerprint density at radius 2 is 1.97 bits per heavy atom. The number of carbonyl (C=O) groups is 1. The number of ether oxygens (including phenoxy) is 2. The SMILES string of the molecule is Cc1cc(-c2nc3ccc(CN[C@H](C(=O)OCC(C)C)[C@@H](C)O)cc3n2C2CCOCC2)cn(C)c1=O. The Morgan fingerprint density at radius 3 is 2.62 bits per heavy atom. The van der Waals surface area contributed by atoms with Crippen molar-refractivity contribution in [1.82, 2.24) is 19.4 Å². The molecular formula is C28H38N4O5. The van der Waals surface area contributed by atoms with Gasteiger partial charge in [-0.1, -0.05) is 19.9 Å². The average Bonchev–Trinajstić information content (AvgIpc) is 3.25. The first-order valence-electron chi connectivity index (χ1n) is 13.0. The summed E-state index contributed by atoms with van der Waals surface area (Å²) in [4.78, 5) is 29.8. The lowest BCUT2D eigenvalue weighted by Gasteiger charge is -2.26. The molecule has 0 radical (unpaired) electrons. The highest BCUT2D eigenvalue weighted by Crippen LogP contribution is 2.33. The number of fused-ring (bicyclic) bond motifs is 1. The molecule has 0 bridgehead atoms. The summed E-state index contributed by atoms with van der Waals surface area (Å²) in [5.41, 5.74) is 4.36. The second kappa shape index (κ2) is 11.6. The Bertz CT molecular complexity index is 1280. The van der Waals surface area contributed by atoms with Gasteiger partial charge >= 0.3 is 5.97 Å². The van der Waals surface area contributed by atoms with Gasteiger partial charge < -0.3 is 23.7 Å². The summed E-state index contributed by atoms with van der Waals surface area (Å²) in [5, 5.41) is 13.4. The molecule has 0 aliphatic carbocycles. The third-order valence-corrected chi connectivity index (χ3v) is 6.75. The molecule has 2 atom stereocenters. The van der Waals surface area contributed by atoms with Crippen molar-refractivity contribution in [2.45, 2.75) is 65.3 Å². The van der Waals surface area contributed by atoms with Gasteiger partial charge in [-0.3, -0.25) is 14.9 Å². The number of esters is 1. The van der Waals surface area contributed by atoms with Crippen LogP contribution in [0.1, 0.15) is 50.8 Å². The number of aliphatic hydroxyl groups is 1. The molecule has 9 nitrogen and oxygen atoms in total. The van der Waals surface area contributed by atoms with Crippen molar-refractivity contribution in [3.8, 4) is 11.4 Å². The van der Waals surface area contributed by atoms with Crippen LogP contribution in [0.4, 0.5) is 0 Å². The maximum Gasteiger partial charge on any atom is 0.325 e. The Kier molecular flexibility index (Phi) is 8.46. The highest BCUT2D eigenvalue weighted by molar-refractivity contribution is 5.82. The van der Waals surface area contributed by atoms with E-state index in [1.54, 1.807) is 18.5 Å². The Hall–Kier alpha value is -3.01. The van der Waals surface area contributed by atoms with Crippen LogP contribution in [0.3, 0.4) is 0 Å². The summed E-state index contributed by atoms with van der Waals surface area (Å²) >= 11 is 0. The van der Waals surface area contributed by atoms with Crippen LogP contribution in [-0.2, 0) is 27.9 Å². The summed E-state index contributed by atoms with van der Waals surface area (Å²) in [6.07, 6.45) is 2.69. The van der Waals surface area contributed by atoms with Gasteiger partial charge in [-0.15, -0.1) is 0 Å². The van der Waals surface area contributed by atoms with Crippen LogP contribution in [0.25, 0.3) is 22.4 Å². The van der Waals surface area contributed by atoms with Crippen LogP contribution >= 0.6 is 0 Å². The van der Waals surface area contributed by atoms with E-state index in [1.165, 1.54) is 0 Å². The van der Waals surface area contributed by atoms with Crippen LogP contribution in [-0.4, -0.2) is 57.2 Å². The quantitative estimate of drug-likeness (QED) is 0.426. The van der Waals surface area contributed by atoms with Crippen molar-refractivity contribution in [2.75, 3.05) is 19.8 Å². The Balaban J connectivity index is 1.68. The normalized spacial score (nSPS) is 16.3. The number of rotatable bonds is 9. The maximum absolute atomic E-state index is 12.5. The highest BCUT2D eigenvalue weighted by Gasteiger charge is 2.26. The number of aliphatic hydroxyl groups excluding tert-OH is 1. The second-order valence-electron chi connectivity index (χ2n) is 10.4. The van der Waals surface area contributed by atoms with Gasteiger partial charge in [0.15, 0.2) is 0 Å². The molecule has 1 fully saturated rings. The number of carbonyl (C=O) groups excluding carboxylic acids is 1. The number of aromatic nitrogens is 3.